The Morgan fingerprint density at radius 2 is 2.00 bits per heavy atom. The molecule has 1 aromatic carbocycles. The van der Waals surface area contributed by atoms with Crippen LogP contribution in [0.3, 0.4) is 0 Å². The molecule has 1 aliphatic carbocycles. The van der Waals surface area contributed by atoms with E-state index in [1.54, 1.807) is 19.0 Å². The Morgan fingerprint density at radius 1 is 1.25 bits per heavy atom. The van der Waals surface area contributed by atoms with Crippen molar-refractivity contribution in [3.8, 4) is 0 Å². The van der Waals surface area contributed by atoms with Gasteiger partial charge in [0.25, 0.3) is 0 Å². The number of benzene rings is 1. The van der Waals surface area contributed by atoms with E-state index in [9.17, 15) is 9.00 Å². The zero-order valence-corrected chi connectivity index (χ0v) is 18.1. The summed E-state index contributed by atoms with van der Waals surface area (Å²) in [6, 6.07) is 10.5. The molecule has 156 valence electrons. The molecule has 28 heavy (non-hydrogen) atoms. The quantitative estimate of drug-likeness (QED) is 0.511. The Labute approximate surface area is 171 Å². The topological polar surface area (TPSA) is 73.8 Å². The van der Waals surface area contributed by atoms with Crippen LogP contribution in [-0.4, -0.2) is 65.2 Å². The van der Waals surface area contributed by atoms with Crippen molar-refractivity contribution in [3.05, 3.63) is 35.9 Å². The maximum absolute atomic E-state index is 12.2. The lowest BCUT2D eigenvalue weighted by Gasteiger charge is -2.30. The van der Waals surface area contributed by atoms with Crippen LogP contribution in [-0.2, 0) is 22.0 Å². The normalized spacial score (nSPS) is 21.0. The second kappa shape index (κ2) is 11.8. The van der Waals surface area contributed by atoms with Crippen LogP contribution in [0.25, 0.3) is 0 Å². The summed E-state index contributed by atoms with van der Waals surface area (Å²) in [6.45, 7) is 2.84. The van der Waals surface area contributed by atoms with Crippen molar-refractivity contribution >= 4 is 22.7 Å². The number of guanidine groups is 1. The maximum atomic E-state index is 12.2. The maximum Gasteiger partial charge on any atom is 0.243 e. The second-order valence-corrected chi connectivity index (χ2v) is 9.42. The number of hydrogen-bond acceptors (Lipinski definition) is 3. The van der Waals surface area contributed by atoms with Crippen LogP contribution in [0.2, 0.25) is 0 Å². The zero-order chi connectivity index (χ0) is 20.4. The van der Waals surface area contributed by atoms with Gasteiger partial charge in [0.15, 0.2) is 5.96 Å². The summed E-state index contributed by atoms with van der Waals surface area (Å²) in [5.41, 5.74) is 1.26. The smallest absolute Gasteiger partial charge is 0.243 e. The molecule has 2 rings (SSSR count). The van der Waals surface area contributed by atoms with Gasteiger partial charge in [0.2, 0.25) is 5.91 Å². The minimum Gasteiger partial charge on any atom is -0.356 e. The van der Waals surface area contributed by atoms with Crippen molar-refractivity contribution in [2.45, 2.75) is 50.3 Å². The number of rotatable bonds is 8. The number of nitrogens with zero attached hydrogens (tertiary/aromatic N) is 2. The molecule has 0 radical (unpaired) electrons. The first-order valence-corrected chi connectivity index (χ1v) is 11.5. The molecule has 0 aromatic heterocycles. The van der Waals surface area contributed by atoms with Crippen LogP contribution >= 0.6 is 0 Å². The highest BCUT2D eigenvalue weighted by Gasteiger charge is 2.26. The molecule has 0 bridgehead atoms. The molecule has 3 unspecified atom stereocenters. The predicted octanol–water partition coefficient (Wildman–Crippen LogP) is 1.93. The largest absolute Gasteiger partial charge is 0.356 e. The van der Waals surface area contributed by atoms with Gasteiger partial charge in [-0.1, -0.05) is 43.7 Å². The fraction of sp³-hybridized carbons (Fsp3) is 0.619. The van der Waals surface area contributed by atoms with Crippen molar-refractivity contribution in [1.29, 1.82) is 0 Å². The minimum atomic E-state index is -0.758. The number of amides is 1. The van der Waals surface area contributed by atoms with Gasteiger partial charge in [-0.25, -0.2) is 4.99 Å². The molecule has 0 heterocycles. The number of carbonyl (C=O) groups excluding carboxylic acids is 1. The molecule has 2 N–H and O–H groups in total. The molecular weight excluding hydrogens is 372 g/mol. The van der Waals surface area contributed by atoms with Gasteiger partial charge in [0.1, 0.15) is 6.54 Å². The SMILES string of the molecule is CCS(=O)C1CCCC(NC(=NCC(=O)N(C)C)NCCc2ccccc2)C1. The number of hydrogen-bond donors (Lipinski definition) is 2. The average molecular weight is 407 g/mol. The summed E-state index contributed by atoms with van der Waals surface area (Å²) in [5.74, 6) is 1.35. The summed E-state index contributed by atoms with van der Waals surface area (Å²) in [5, 5.41) is 7.09. The standard InChI is InChI=1S/C21H34N4O2S/c1-4-28(27)19-12-8-11-18(15-19)24-21(23-16-20(26)25(2)3)22-14-13-17-9-6-5-7-10-17/h5-7,9-10,18-19H,4,8,11-16H2,1-3H3,(H2,22,23,24). The highest BCUT2D eigenvalue weighted by atomic mass is 32.2. The van der Waals surface area contributed by atoms with E-state index in [2.05, 4.69) is 27.8 Å². The predicted molar refractivity (Wildman–Crippen MR) is 117 cm³/mol. The van der Waals surface area contributed by atoms with E-state index in [0.29, 0.717) is 11.7 Å². The average Bonchev–Trinajstić information content (AvgIpc) is 2.71. The minimum absolute atomic E-state index is 0.0298. The van der Waals surface area contributed by atoms with Crippen molar-refractivity contribution in [3.63, 3.8) is 0 Å². The summed E-state index contributed by atoms with van der Waals surface area (Å²) in [7, 11) is 2.71. The van der Waals surface area contributed by atoms with Gasteiger partial charge in [-0.2, -0.15) is 0 Å². The van der Waals surface area contributed by atoms with Crippen LogP contribution in [0.1, 0.15) is 38.2 Å². The Balaban J connectivity index is 1.95. The molecule has 1 aliphatic rings. The van der Waals surface area contributed by atoms with Gasteiger partial charge in [-0.3, -0.25) is 9.00 Å². The highest BCUT2D eigenvalue weighted by Crippen LogP contribution is 2.23. The Kier molecular flexibility index (Phi) is 9.47. The lowest BCUT2D eigenvalue weighted by Crippen LogP contribution is -2.47. The highest BCUT2D eigenvalue weighted by molar-refractivity contribution is 7.85. The molecule has 1 amide bonds. The summed E-state index contributed by atoms with van der Waals surface area (Å²) in [4.78, 5) is 18.0. The van der Waals surface area contributed by atoms with Crippen LogP contribution in [0.5, 0.6) is 0 Å². The van der Waals surface area contributed by atoms with Crippen LogP contribution in [0.15, 0.2) is 35.3 Å². The van der Waals surface area contributed by atoms with Crippen molar-refractivity contribution in [2.75, 3.05) is 32.9 Å². The van der Waals surface area contributed by atoms with Gasteiger partial charge < -0.3 is 15.5 Å². The van der Waals surface area contributed by atoms with Gasteiger partial charge in [0.05, 0.1) is 0 Å². The fourth-order valence-corrected chi connectivity index (χ4v) is 4.70. The lowest BCUT2D eigenvalue weighted by molar-refractivity contribution is -0.127. The summed E-state index contributed by atoms with van der Waals surface area (Å²) < 4.78 is 12.2. The zero-order valence-electron chi connectivity index (χ0n) is 17.3. The Hall–Kier alpha value is -1.89. The van der Waals surface area contributed by atoms with Crippen LogP contribution in [0.4, 0.5) is 0 Å². The molecule has 0 aliphatic heterocycles. The van der Waals surface area contributed by atoms with Crippen molar-refractivity contribution in [1.82, 2.24) is 15.5 Å². The molecule has 7 heteroatoms. The number of likely N-dealkylation sites (N-methyl/N-ethyl adjacent to an activating group) is 1. The van der Waals surface area contributed by atoms with E-state index in [0.717, 1.165) is 38.6 Å². The first kappa shape index (κ1) is 22.4. The molecule has 0 spiro atoms. The molecule has 1 fully saturated rings. The van der Waals surface area contributed by atoms with Gasteiger partial charge in [0, 0.05) is 48.5 Å². The van der Waals surface area contributed by atoms with Crippen LogP contribution < -0.4 is 10.6 Å². The molecule has 6 nitrogen and oxygen atoms in total. The third-order valence-electron chi connectivity index (χ3n) is 5.04. The van der Waals surface area contributed by atoms with E-state index < -0.39 is 10.8 Å². The molecular formula is C21H34N4O2S. The third kappa shape index (κ3) is 7.62. The van der Waals surface area contributed by atoms with E-state index in [4.69, 9.17) is 0 Å². The second-order valence-electron chi connectivity index (χ2n) is 7.41. The van der Waals surface area contributed by atoms with E-state index >= 15 is 0 Å². The summed E-state index contributed by atoms with van der Waals surface area (Å²) >= 11 is 0. The monoisotopic (exact) mass is 406 g/mol. The Bertz CT molecular complexity index is 664. The van der Waals surface area contributed by atoms with Gasteiger partial charge in [-0.15, -0.1) is 0 Å². The third-order valence-corrected chi connectivity index (χ3v) is 6.78. The Morgan fingerprint density at radius 3 is 2.68 bits per heavy atom. The van der Waals surface area contributed by atoms with Gasteiger partial charge in [-0.05, 0) is 31.2 Å². The van der Waals surface area contributed by atoms with E-state index in [-0.39, 0.29) is 23.7 Å². The van der Waals surface area contributed by atoms with Crippen molar-refractivity contribution < 1.29 is 9.00 Å². The molecule has 0 saturated heterocycles. The first-order chi connectivity index (χ1) is 13.5. The van der Waals surface area contributed by atoms with Crippen molar-refractivity contribution in [2.24, 2.45) is 4.99 Å². The number of nitrogens with one attached hydrogen (secondary N) is 2. The fourth-order valence-electron chi connectivity index (χ4n) is 3.35. The molecule has 1 saturated carbocycles. The van der Waals surface area contributed by atoms with Crippen LogP contribution in [0, 0.1) is 0 Å². The lowest BCUT2D eigenvalue weighted by atomic mass is 9.95. The summed E-state index contributed by atoms with van der Waals surface area (Å²) in [6.07, 6.45) is 4.92. The first-order valence-electron chi connectivity index (χ1n) is 10.2. The molecule has 3 atom stereocenters. The van der Waals surface area contributed by atoms with E-state index in [1.807, 2.05) is 25.1 Å². The molecule has 1 aromatic rings. The number of carbonyl (C=O) groups is 1. The van der Waals surface area contributed by atoms with E-state index in [1.165, 1.54) is 5.56 Å². The van der Waals surface area contributed by atoms with Gasteiger partial charge >= 0.3 is 0 Å². The number of aliphatic imine (C=N–C) groups is 1.